The van der Waals surface area contributed by atoms with Crippen LogP contribution in [0.4, 0.5) is 4.39 Å². The van der Waals surface area contributed by atoms with E-state index in [0.29, 0.717) is 16.6 Å². The van der Waals surface area contributed by atoms with Gasteiger partial charge in [-0.15, -0.1) is 11.3 Å². The second-order valence-corrected chi connectivity index (χ2v) is 10.6. The molecule has 0 N–H and O–H groups in total. The van der Waals surface area contributed by atoms with Crippen molar-refractivity contribution in [1.29, 1.82) is 0 Å². The minimum Gasteiger partial charge on any atom is -0.293 e. The minimum atomic E-state index is -0.379. The molecule has 0 aliphatic heterocycles. The summed E-state index contributed by atoms with van der Waals surface area (Å²) in [5.74, 6) is 0.198. The van der Waals surface area contributed by atoms with Crippen molar-refractivity contribution < 1.29 is 9.18 Å². The van der Waals surface area contributed by atoms with Gasteiger partial charge in [0.15, 0.2) is 10.9 Å². The second kappa shape index (κ2) is 8.88. The number of Topliss-reactive ketones (excluding diaryl/α,β-unsaturated/α-hetero) is 1. The highest BCUT2D eigenvalue weighted by molar-refractivity contribution is 7.99. The first-order chi connectivity index (χ1) is 15.9. The smallest absolute Gasteiger partial charge is 0.267 e. The van der Waals surface area contributed by atoms with Gasteiger partial charge in [0.05, 0.1) is 16.8 Å². The fourth-order valence-electron chi connectivity index (χ4n) is 4.24. The van der Waals surface area contributed by atoms with Gasteiger partial charge in [-0.3, -0.25) is 14.2 Å². The molecule has 33 heavy (non-hydrogen) atoms. The van der Waals surface area contributed by atoms with Crippen molar-refractivity contribution in [2.75, 3.05) is 5.75 Å². The third-order valence-corrected chi connectivity index (χ3v) is 8.18. The summed E-state index contributed by atoms with van der Waals surface area (Å²) < 4.78 is 14.9. The standard InChI is InChI=1S/C26H23FN2O2S2/c1-15-3-10-19(11-4-15)29-25(31)23-20-12-5-16(2)13-22(20)33-24(23)28-26(29)32-14-21(30)17-6-8-18(27)9-7-17/h3-4,6-11,16H,5,12-14H2,1-2H3. The maximum absolute atomic E-state index is 13.8. The Labute approximate surface area is 199 Å². The predicted octanol–water partition coefficient (Wildman–Crippen LogP) is 5.99. The topological polar surface area (TPSA) is 52.0 Å². The number of hydrogen-bond donors (Lipinski definition) is 0. The molecule has 0 saturated heterocycles. The summed E-state index contributed by atoms with van der Waals surface area (Å²) in [7, 11) is 0. The number of rotatable bonds is 5. The molecule has 0 saturated carbocycles. The van der Waals surface area contributed by atoms with Gasteiger partial charge in [0.25, 0.3) is 5.56 Å². The minimum absolute atomic E-state index is 0.0763. The Kier molecular flexibility index (Phi) is 5.93. The van der Waals surface area contributed by atoms with Crippen LogP contribution in [-0.2, 0) is 12.8 Å². The number of thiophene rings is 1. The van der Waals surface area contributed by atoms with Crippen LogP contribution in [0.15, 0.2) is 58.5 Å². The van der Waals surface area contributed by atoms with Crippen LogP contribution in [0.3, 0.4) is 0 Å². The van der Waals surface area contributed by atoms with Crippen molar-refractivity contribution in [3.63, 3.8) is 0 Å². The van der Waals surface area contributed by atoms with E-state index in [9.17, 15) is 14.0 Å². The van der Waals surface area contributed by atoms with Gasteiger partial charge >= 0.3 is 0 Å². The Hall–Kier alpha value is -2.77. The fourth-order valence-corrected chi connectivity index (χ4v) is 6.57. The van der Waals surface area contributed by atoms with Crippen LogP contribution in [0.2, 0.25) is 0 Å². The van der Waals surface area contributed by atoms with Gasteiger partial charge in [-0.2, -0.15) is 0 Å². The first-order valence-electron chi connectivity index (χ1n) is 11.0. The molecule has 1 atom stereocenters. The third kappa shape index (κ3) is 4.27. The zero-order valence-corrected chi connectivity index (χ0v) is 20.1. The lowest BCUT2D eigenvalue weighted by Crippen LogP contribution is -2.23. The summed E-state index contributed by atoms with van der Waals surface area (Å²) in [6.07, 6.45) is 2.95. The molecule has 5 rings (SSSR count). The maximum atomic E-state index is 13.8. The molecule has 1 aliphatic rings. The molecular formula is C26H23FN2O2S2. The normalized spacial score (nSPS) is 15.5. The van der Waals surface area contributed by atoms with E-state index >= 15 is 0 Å². The van der Waals surface area contributed by atoms with E-state index < -0.39 is 0 Å². The summed E-state index contributed by atoms with van der Waals surface area (Å²) in [4.78, 5) is 33.4. The van der Waals surface area contributed by atoms with Crippen LogP contribution in [0.1, 0.15) is 39.7 Å². The molecule has 4 nitrogen and oxygen atoms in total. The lowest BCUT2D eigenvalue weighted by molar-refractivity contribution is 0.102. The lowest BCUT2D eigenvalue weighted by Gasteiger charge is -2.18. The summed E-state index contributed by atoms with van der Waals surface area (Å²) in [6, 6.07) is 13.3. The number of carbonyl (C=O) groups is 1. The molecule has 7 heteroatoms. The molecule has 168 valence electrons. The second-order valence-electron chi connectivity index (χ2n) is 8.62. The number of aryl methyl sites for hydroxylation is 2. The molecular weight excluding hydrogens is 455 g/mol. The van der Waals surface area contributed by atoms with E-state index in [0.717, 1.165) is 46.3 Å². The van der Waals surface area contributed by atoms with Crippen molar-refractivity contribution in [1.82, 2.24) is 9.55 Å². The van der Waals surface area contributed by atoms with Gasteiger partial charge in [0.1, 0.15) is 10.6 Å². The monoisotopic (exact) mass is 478 g/mol. The van der Waals surface area contributed by atoms with Crippen molar-refractivity contribution >= 4 is 39.1 Å². The molecule has 0 spiro atoms. The highest BCUT2D eigenvalue weighted by atomic mass is 32.2. The van der Waals surface area contributed by atoms with Crippen molar-refractivity contribution in [3.05, 3.63) is 86.3 Å². The van der Waals surface area contributed by atoms with Gasteiger partial charge in [0.2, 0.25) is 0 Å². The molecule has 0 amide bonds. The number of hydrogen-bond acceptors (Lipinski definition) is 5. The number of aromatic nitrogens is 2. The van der Waals surface area contributed by atoms with Crippen LogP contribution in [0.25, 0.3) is 15.9 Å². The first-order valence-corrected chi connectivity index (χ1v) is 12.8. The van der Waals surface area contributed by atoms with Gasteiger partial charge in [-0.1, -0.05) is 36.4 Å². The number of nitrogens with zero attached hydrogens (tertiary/aromatic N) is 2. The average Bonchev–Trinajstić information content (AvgIpc) is 3.16. The third-order valence-electron chi connectivity index (χ3n) is 6.09. The van der Waals surface area contributed by atoms with Crippen molar-refractivity contribution in [2.45, 2.75) is 38.3 Å². The van der Waals surface area contributed by atoms with Crippen LogP contribution in [0.5, 0.6) is 0 Å². The highest BCUT2D eigenvalue weighted by Crippen LogP contribution is 2.37. The summed E-state index contributed by atoms with van der Waals surface area (Å²) in [5, 5.41) is 1.22. The Morgan fingerprint density at radius 2 is 1.91 bits per heavy atom. The lowest BCUT2D eigenvalue weighted by atomic mass is 9.89. The Balaban J connectivity index is 1.59. The number of carbonyl (C=O) groups excluding carboxylic acids is 1. The number of thioether (sulfide) groups is 1. The molecule has 2 aromatic carbocycles. The van der Waals surface area contributed by atoms with Crippen LogP contribution >= 0.6 is 23.1 Å². The van der Waals surface area contributed by atoms with E-state index in [1.165, 1.54) is 40.9 Å². The van der Waals surface area contributed by atoms with E-state index in [2.05, 4.69) is 6.92 Å². The SMILES string of the molecule is Cc1ccc(-n2c(SCC(=O)c3ccc(F)cc3)nc3sc4c(c3c2=O)CCC(C)C4)cc1. The van der Waals surface area contributed by atoms with Crippen LogP contribution in [0, 0.1) is 18.7 Å². The van der Waals surface area contributed by atoms with E-state index in [-0.39, 0.29) is 22.9 Å². The Bertz CT molecular complexity index is 1410. The fraction of sp³-hybridized carbons (Fsp3) is 0.269. The summed E-state index contributed by atoms with van der Waals surface area (Å²) >= 11 is 2.85. The van der Waals surface area contributed by atoms with Gasteiger partial charge in [-0.25, -0.2) is 9.37 Å². The Morgan fingerprint density at radius 3 is 2.64 bits per heavy atom. The zero-order chi connectivity index (χ0) is 23.1. The average molecular weight is 479 g/mol. The molecule has 1 unspecified atom stereocenters. The molecule has 0 fully saturated rings. The molecule has 0 radical (unpaired) electrons. The number of halogens is 1. The maximum Gasteiger partial charge on any atom is 0.267 e. The van der Waals surface area contributed by atoms with E-state index in [1.54, 1.807) is 15.9 Å². The highest BCUT2D eigenvalue weighted by Gasteiger charge is 2.25. The Morgan fingerprint density at radius 1 is 1.18 bits per heavy atom. The molecule has 4 aromatic rings. The van der Waals surface area contributed by atoms with Gasteiger partial charge < -0.3 is 0 Å². The number of benzene rings is 2. The van der Waals surface area contributed by atoms with Gasteiger partial charge in [-0.05, 0) is 74.1 Å². The quantitative estimate of drug-likeness (QED) is 0.201. The van der Waals surface area contributed by atoms with Crippen molar-refractivity contribution in [2.24, 2.45) is 5.92 Å². The molecule has 2 aromatic heterocycles. The number of ketones is 1. The molecule has 2 heterocycles. The number of fused-ring (bicyclic) bond motifs is 3. The summed E-state index contributed by atoms with van der Waals surface area (Å²) in [5.41, 5.74) is 3.34. The van der Waals surface area contributed by atoms with E-state index in [1.807, 2.05) is 31.2 Å². The van der Waals surface area contributed by atoms with Gasteiger partial charge in [0, 0.05) is 10.4 Å². The van der Waals surface area contributed by atoms with Crippen LogP contribution < -0.4 is 5.56 Å². The first kappa shape index (κ1) is 22.0. The van der Waals surface area contributed by atoms with E-state index in [4.69, 9.17) is 4.98 Å². The van der Waals surface area contributed by atoms with Crippen molar-refractivity contribution in [3.8, 4) is 5.69 Å². The van der Waals surface area contributed by atoms with Crippen LogP contribution in [-0.4, -0.2) is 21.1 Å². The molecule has 0 bridgehead atoms. The predicted molar refractivity (Wildman–Crippen MR) is 133 cm³/mol. The zero-order valence-electron chi connectivity index (χ0n) is 18.4. The largest absolute Gasteiger partial charge is 0.293 e. The molecule has 1 aliphatic carbocycles. The summed E-state index contributed by atoms with van der Waals surface area (Å²) in [6.45, 7) is 4.25.